The van der Waals surface area contributed by atoms with E-state index in [2.05, 4.69) is 43.5 Å². The van der Waals surface area contributed by atoms with Crippen molar-refractivity contribution in [3.05, 3.63) is 36.5 Å². The molecule has 0 aliphatic carbocycles. The Morgan fingerprint density at radius 3 is 1.89 bits per heavy atom. The fraction of sp³-hybridized carbons (Fsp3) is 0.750. The third-order valence-electron chi connectivity index (χ3n) is 5.79. The largest absolute Gasteiger partial charge is 0.387 e. The molecule has 0 spiro atoms. The molecule has 0 fully saturated rings. The van der Waals surface area contributed by atoms with Crippen molar-refractivity contribution in [2.75, 3.05) is 5.75 Å². The first kappa shape index (κ1) is 33.6. The Bertz CT molecular complexity index is 700. The van der Waals surface area contributed by atoms with Gasteiger partial charge >= 0.3 is 0 Å². The molecule has 204 valence electrons. The maximum atomic E-state index is 12.3. The summed E-state index contributed by atoms with van der Waals surface area (Å²) in [4.78, 5) is 12.3. The summed E-state index contributed by atoms with van der Waals surface area (Å²) in [6.45, 7) is 4.36. The molecule has 2 unspecified atom stereocenters. The predicted molar refractivity (Wildman–Crippen MR) is 147 cm³/mol. The van der Waals surface area contributed by atoms with E-state index in [1.165, 1.54) is 38.2 Å². The number of aliphatic hydroxyl groups is 1. The van der Waals surface area contributed by atoms with E-state index in [0.717, 1.165) is 51.4 Å². The molecule has 0 aromatic heterocycles. The zero-order valence-corrected chi connectivity index (χ0v) is 23.0. The van der Waals surface area contributed by atoms with Gasteiger partial charge in [-0.1, -0.05) is 95.2 Å². The fourth-order valence-electron chi connectivity index (χ4n) is 3.68. The molecule has 0 heterocycles. The topological polar surface area (TPSA) is 104 Å². The Morgan fingerprint density at radius 1 is 0.743 bits per heavy atom. The van der Waals surface area contributed by atoms with Crippen LogP contribution in [0.3, 0.4) is 0 Å². The van der Waals surface area contributed by atoms with Crippen LogP contribution in [0.1, 0.15) is 117 Å². The average Bonchev–Trinajstić information content (AvgIpc) is 2.80. The van der Waals surface area contributed by atoms with Gasteiger partial charge in [-0.25, -0.2) is 0 Å². The van der Waals surface area contributed by atoms with Crippen molar-refractivity contribution in [1.82, 2.24) is 5.32 Å². The van der Waals surface area contributed by atoms with Gasteiger partial charge < -0.3 is 10.4 Å². The van der Waals surface area contributed by atoms with Crippen LogP contribution in [-0.4, -0.2) is 41.9 Å². The molecule has 0 saturated carbocycles. The number of aliphatic hydroxyl groups excluding tert-OH is 1. The average molecular weight is 514 g/mol. The van der Waals surface area contributed by atoms with E-state index in [0.29, 0.717) is 12.8 Å². The summed E-state index contributed by atoms with van der Waals surface area (Å²) in [6.07, 6.45) is 27.1. The predicted octanol–water partition coefficient (Wildman–Crippen LogP) is 6.67. The molecular weight excluding hydrogens is 462 g/mol. The molecule has 3 N–H and O–H groups in total. The van der Waals surface area contributed by atoms with Crippen LogP contribution in [0.15, 0.2) is 36.5 Å². The molecule has 7 heteroatoms. The zero-order valence-electron chi connectivity index (χ0n) is 22.2. The normalized spacial score (nSPS) is 14.3. The number of amides is 1. The van der Waals surface area contributed by atoms with Gasteiger partial charge in [0.05, 0.1) is 17.9 Å². The molecule has 0 bridgehead atoms. The quantitative estimate of drug-likeness (QED) is 0.0804. The smallest absolute Gasteiger partial charge is 0.267 e. The van der Waals surface area contributed by atoms with Crippen LogP contribution >= 0.6 is 0 Å². The van der Waals surface area contributed by atoms with Crippen LogP contribution in [0, 0.1) is 0 Å². The molecule has 0 aliphatic rings. The molecule has 0 aromatic carbocycles. The maximum Gasteiger partial charge on any atom is 0.267 e. The van der Waals surface area contributed by atoms with E-state index in [-0.39, 0.29) is 12.3 Å². The van der Waals surface area contributed by atoms with Gasteiger partial charge in [0.1, 0.15) is 0 Å². The lowest BCUT2D eigenvalue weighted by atomic mass is 10.1. The van der Waals surface area contributed by atoms with E-state index in [1.54, 1.807) is 6.08 Å². The van der Waals surface area contributed by atoms with Gasteiger partial charge in [-0.3, -0.25) is 9.35 Å². The minimum Gasteiger partial charge on any atom is -0.387 e. The molecule has 2 atom stereocenters. The van der Waals surface area contributed by atoms with Crippen molar-refractivity contribution in [3.8, 4) is 0 Å². The maximum absolute atomic E-state index is 12.3. The van der Waals surface area contributed by atoms with Crippen LogP contribution in [0.5, 0.6) is 0 Å². The lowest BCUT2D eigenvalue weighted by Crippen LogP contribution is -2.46. The number of carbonyl (C=O) groups excluding carboxylic acids is 1. The molecule has 35 heavy (non-hydrogen) atoms. The van der Waals surface area contributed by atoms with Crippen LogP contribution in [0.25, 0.3) is 0 Å². The van der Waals surface area contributed by atoms with E-state index < -0.39 is 28.0 Å². The standard InChI is InChI=1S/C28H51NO5S/c1-3-5-7-9-11-13-14-15-16-18-20-22-24-28(31)29-26(25-35(32,33)34)27(30)23-21-19-17-12-10-8-6-4-2/h10-13,21,23,26-27,30H,3-9,14-20,22,24-25H2,1-2H3,(H,29,31)(H,32,33,34)/b12-10+,13-11-,23-21+. The van der Waals surface area contributed by atoms with E-state index >= 15 is 0 Å². The highest BCUT2D eigenvalue weighted by atomic mass is 32.2. The number of allylic oxidation sites excluding steroid dienone is 5. The summed E-state index contributed by atoms with van der Waals surface area (Å²) in [5.41, 5.74) is 0. The van der Waals surface area contributed by atoms with Crippen LogP contribution in [0.4, 0.5) is 0 Å². The summed E-state index contributed by atoms with van der Waals surface area (Å²) in [5, 5.41) is 13.0. The minimum absolute atomic E-state index is 0.276. The van der Waals surface area contributed by atoms with Gasteiger partial charge in [0, 0.05) is 6.42 Å². The van der Waals surface area contributed by atoms with Crippen molar-refractivity contribution in [3.63, 3.8) is 0 Å². The second kappa shape index (κ2) is 23.0. The Morgan fingerprint density at radius 2 is 1.26 bits per heavy atom. The molecule has 0 radical (unpaired) electrons. The lowest BCUT2D eigenvalue weighted by molar-refractivity contribution is -0.122. The van der Waals surface area contributed by atoms with E-state index in [4.69, 9.17) is 0 Å². The van der Waals surface area contributed by atoms with Crippen molar-refractivity contribution in [1.29, 1.82) is 0 Å². The van der Waals surface area contributed by atoms with Crippen molar-refractivity contribution >= 4 is 16.0 Å². The number of carbonyl (C=O) groups is 1. The molecule has 0 rings (SSSR count). The first-order valence-corrected chi connectivity index (χ1v) is 15.3. The van der Waals surface area contributed by atoms with Gasteiger partial charge in [-0.2, -0.15) is 8.42 Å². The summed E-state index contributed by atoms with van der Waals surface area (Å²) in [7, 11) is -4.33. The van der Waals surface area contributed by atoms with Gasteiger partial charge in [0.25, 0.3) is 10.1 Å². The fourth-order valence-corrected chi connectivity index (χ4v) is 4.41. The van der Waals surface area contributed by atoms with Gasteiger partial charge in [0.15, 0.2) is 0 Å². The monoisotopic (exact) mass is 513 g/mol. The third kappa shape index (κ3) is 24.0. The second-order valence-corrected chi connectivity index (χ2v) is 10.8. The van der Waals surface area contributed by atoms with Gasteiger partial charge in [-0.05, 0) is 51.4 Å². The summed E-state index contributed by atoms with van der Waals surface area (Å²) < 4.78 is 31.9. The highest BCUT2D eigenvalue weighted by Crippen LogP contribution is 2.10. The van der Waals surface area contributed by atoms with Crippen molar-refractivity contribution in [2.45, 2.75) is 129 Å². The highest BCUT2D eigenvalue weighted by Gasteiger charge is 2.24. The third-order valence-corrected chi connectivity index (χ3v) is 6.57. The molecular formula is C28H51NO5S. The van der Waals surface area contributed by atoms with Crippen molar-refractivity contribution in [2.24, 2.45) is 0 Å². The van der Waals surface area contributed by atoms with Gasteiger partial charge in [0.2, 0.25) is 5.91 Å². The Labute approximate surface area is 215 Å². The molecule has 0 aromatic rings. The van der Waals surface area contributed by atoms with Crippen LogP contribution in [-0.2, 0) is 14.9 Å². The minimum atomic E-state index is -4.33. The molecule has 6 nitrogen and oxygen atoms in total. The summed E-state index contributed by atoms with van der Waals surface area (Å²) in [6, 6.07) is -1.07. The number of hydrogen-bond donors (Lipinski definition) is 3. The number of rotatable bonds is 23. The summed E-state index contributed by atoms with van der Waals surface area (Å²) in [5.74, 6) is -1.02. The van der Waals surface area contributed by atoms with Crippen molar-refractivity contribution < 1.29 is 22.9 Å². The van der Waals surface area contributed by atoms with E-state index in [9.17, 15) is 22.9 Å². The number of hydrogen-bond acceptors (Lipinski definition) is 4. The first-order chi connectivity index (χ1) is 16.8. The SMILES string of the molecule is CCCC/C=C/CC/C=C/C(O)C(CS(=O)(=O)O)NC(=O)CCCCCCC/C=C\CCCCC. The number of nitrogens with one attached hydrogen (secondary N) is 1. The Balaban J connectivity index is 4.21. The number of unbranched alkanes of at least 4 members (excludes halogenated alkanes) is 11. The zero-order chi connectivity index (χ0) is 26.2. The molecule has 0 aliphatic heterocycles. The van der Waals surface area contributed by atoms with Gasteiger partial charge in [-0.15, -0.1) is 0 Å². The van der Waals surface area contributed by atoms with Crippen LogP contribution in [0.2, 0.25) is 0 Å². The lowest BCUT2D eigenvalue weighted by Gasteiger charge is -2.21. The molecule has 0 saturated heterocycles. The van der Waals surface area contributed by atoms with Crippen LogP contribution < -0.4 is 5.32 Å². The van der Waals surface area contributed by atoms with E-state index in [1.807, 2.05) is 0 Å². The Hall–Kier alpha value is -1.44. The Kier molecular flexibility index (Phi) is 22.0. The summed E-state index contributed by atoms with van der Waals surface area (Å²) >= 11 is 0. The first-order valence-electron chi connectivity index (χ1n) is 13.7. The highest BCUT2D eigenvalue weighted by molar-refractivity contribution is 7.85. The molecule has 1 amide bonds. The second-order valence-electron chi connectivity index (χ2n) is 9.31.